The van der Waals surface area contributed by atoms with E-state index >= 15 is 0 Å². The largest absolute Gasteiger partial charge is 0.261 e. The van der Waals surface area contributed by atoms with Gasteiger partial charge in [0.15, 0.2) is 13.3 Å². The fourth-order valence-electron chi connectivity index (χ4n) is 1.07. The highest BCUT2D eigenvalue weighted by atomic mass is 16.5. The summed E-state index contributed by atoms with van der Waals surface area (Å²) < 4.78 is 6.88. The molecule has 1 heterocycles. The van der Waals surface area contributed by atoms with Gasteiger partial charge in [-0.2, -0.15) is 0 Å². The molecule has 0 saturated carbocycles. The fourth-order valence-corrected chi connectivity index (χ4v) is 1.07. The molecule has 0 radical (unpaired) electrons. The lowest BCUT2D eigenvalue weighted by Crippen LogP contribution is -2.24. The van der Waals surface area contributed by atoms with Crippen LogP contribution in [0.25, 0.3) is 10.9 Å². The second-order valence-electron chi connectivity index (χ2n) is 2.28. The summed E-state index contributed by atoms with van der Waals surface area (Å²) >= 11 is 0. The standard InChI is InChI=1S/C8H8NO/c1-9-8-5-3-2-4-7(8)6-10-9/h2-6H,1H3/q+1. The number of fused-ring (bicyclic) bond motifs is 1. The van der Waals surface area contributed by atoms with Crippen LogP contribution in [0.15, 0.2) is 35.1 Å². The molecule has 2 heteroatoms. The summed E-state index contributed by atoms with van der Waals surface area (Å²) in [4.78, 5) is 0. The lowest BCUT2D eigenvalue weighted by Gasteiger charge is -1.77. The molecule has 0 saturated heterocycles. The van der Waals surface area contributed by atoms with Crippen LogP contribution in [-0.4, -0.2) is 0 Å². The summed E-state index contributed by atoms with van der Waals surface area (Å²) in [6, 6.07) is 8.05. The highest BCUT2D eigenvalue weighted by Gasteiger charge is 2.05. The first-order chi connectivity index (χ1) is 4.88. The Hall–Kier alpha value is -1.31. The Kier molecular flexibility index (Phi) is 1.01. The summed E-state index contributed by atoms with van der Waals surface area (Å²) in [6.45, 7) is 0. The topological polar surface area (TPSA) is 17.0 Å². The summed E-state index contributed by atoms with van der Waals surface area (Å²) in [5.41, 5.74) is 1.13. The monoisotopic (exact) mass is 134 g/mol. The number of hydrogen-bond acceptors (Lipinski definition) is 1. The maximum Gasteiger partial charge on any atom is 0.261 e. The molecule has 0 N–H and O–H groups in total. The number of aryl methyl sites for hydroxylation is 1. The summed E-state index contributed by atoms with van der Waals surface area (Å²) in [5.74, 6) is 0. The number of hydrogen-bond donors (Lipinski definition) is 0. The molecule has 0 bridgehead atoms. The molecular weight excluding hydrogens is 126 g/mol. The van der Waals surface area contributed by atoms with Gasteiger partial charge in [0.25, 0.3) is 5.52 Å². The van der Waals surface area contributed by atoms with E-state index in [0.29, 0.717) is 0 Å². The molecule has 10 heavy (non-hydrogen) atoms. The minimum absolute atomic E-state index is 1.13. The molecule has 1 aromatic carbocycles. The molecule has 0 unspecified atom stereocenters. The normalized spacial score (nSPS) is 10.5. The first-order valence-corrected chi connectivity index (χ1v) is 3.21. The molecule has 0 aliphatic heterocycles. The van der Waals surface area contributed by atoms with Gasteiger partial charge in [-0.05, 0) is 10.8 Å². The van der Waals surface area contributed by atoms with Gasteiger partial charge in [0.1, 0.15) is 0 Å². The van der Waals surface area contributed by atoms with Crippen LogP contribution in [0.2, 0.25) is 0 Å². The van der Waals surface area contributed by atoms with Crippen molar-refractivity contribution in [2.24, 2.45) is 7.05 Å². The zero-order chi connectivity index (χ0) is 6.97. The lowest BCUT2D eigenvalue weighted by molar-refractivity contribution is -0.824. The fraction of sp³-hybridized carbons (Fsp3) is 0.125. The van der Waals surface area contributed by atoms with E-state index in [-0.39, 0.29) is 0 Å². The lowest BCUT2D eigenvalue weighted by atomic mass is 10.3. The maximum absolute atomic E-state index is 5.13. The van der Waals surface area contributed by atoms with Gasteiger partial charge in [0, 0.05) is 6.07 Å². The number of benzene rings is 1. The minimum Gasteiger partial charge on any atom is -0.244 e. The van der Waals surface area contributed by atoms with Crippen LogP contribution >= 0.6 is 0 Å². The van der Waals surface area contributed by atoms with E-state index in [1.54, 1.807) is 11.0 Å². The van der Waals surface area contributed by atoms with Crippen LogP contribution in [0.4, 0.5) is 0 Å². The predicted molar refractivity (Wildman–Crippen MR) is 37.4 cm³/mol. The quantitative estimate of drug-likeness (QED) is 0.496. The maximum atomic E-state index is 5.13. The average molecular weight is 134 g/mol. The van der Waals surface area contributed by atoms with Crippen molar-refractivity contribution in [2.45, 2.75) is 0 Å². The van der Waals surface area contributed by atoms with E-state index in [2.05, 4.69) is 0 Å². The zero-order valence-corrected chi connectivity index (χ0v) is 5.74. The van der Waals surface area contributed by atoms with Crippen LogP contribution in [0.5, 0.6) is 0 Å². The molecule has 0 atom stereocenters. The minimum atomic E-state index is 1.13. The van der Waals surface area contributed by atoms with Gasteiger partial charge in [-0.25, -0.2) is 4.52 Å². The van der Waals surface area contributed by atoms with Crippen molar-refractivity contribution in [3.8, 4) is 0 Å². The third-order valence-corrected chi connectivity index (χ3v) is 1.61. The van der Waals surface area contributed by atoms with Crippen LogP contribution < -0.4 is 4.74 Å². The molecule has 2 nitrogen and oxygen atoms in total. The van der Waals surface area contributed by atoms with Crippen molar-refractivity contribution in [3.63, 3.8) is 0 Å². The SMILES string of the molecule is C[n+]1occ2ccccc21. The first kappa shape index (κ1) is 5.47. The molecule has 2 rings (SSSR count). The summed E-state index contributed by atoms with van der Waals surface area (Å²) in [5, 5.41) is 1.14. The Morgan fingerprint density at radius 1 is 1.30 bits per heavy atom. The number of nitrogens with zero attached hydrogens (tertiary/aromatic N) is 1. The highest BCUT2D eigenvalue weighted by molar-refractivity contribution is 5.73. The Morgan fingerprint density at radius 2 is 2.10 bits per heavy atom. The van der Waals surface area contributed by atoms with Gasteiger partial charge in [0.2, 0.25) is 0 Å². The van der Waals surface area contributed by atoms with Crippen LogP contribution in [0.3, 0.4) is 0 Å². The van der Waals surface area contributed by atoms with Crippen molar-refractivity contribution in [1.82, 2.24) is 0 Å². The van der Waals surface area contributed by atoms with Gasteiger partial charge in [0.05, 0.1) is 5.39 Å². The van der Waals surface area contributed by atoms with E-state index in [9.17, 15) is 0 Å². The van der Waals surface area contributed by atoms with E-state index < -0.39 is 0 Å². The predicted octanol–water partition coefficient (Wildman–Crippen LogP) is 1.26. The molecule has 50 valence electrons. The van der Waals surface area contributed by atoms with Crippen molar-refractivity contribution in [3.05, 3.63) is 30.5 Å². The molecule has 0 spiro atoms. The first-order valence-electron chi connectivity index (χ1n) is 3.21. The molecule has 2 aromatic rings. The number of para-hydroxylation sites is 1. The molecular formula is C8H8NO+. The van der Waals surface area contributed by atoms with E-state index in [0.717, 1.165) is 10.9 Å². The van der Waals surface area contributed by atoms with E-state index in [1.165, 1.54) is 0 Å². The van der Waals surface area contributed by atoms with Gasteiger partial charge in [-0.15, -0.1) is 0 Å². The van der Waals surface area contributed by atoms with Crippen LogP contribution in [0.1, 0.15) is 0 Å². The number of aromatic nitrogens is 1. The summed E-state index contributed by atoms with van der Waals surface area (Å²) in [7, 11) is 1.89. The Bertz CT molecular complexity index is 351. The zero-order valence-electron chi connectivity index (χ0n) is 5.74. The van der Waals surface area contributed by atoms with Gasteiger partial charge < -0.3 is 0 Å². The summed E-state index contributed by atoms with van der Waals surface area (Å²) in [6.07, 6.45) is 1.75. The highest BCUT2D eigenvalue weighted by Crippen LogP contribution is 2.07. The molecule has 0 aliphatic carbocycles. The van der Waals surface area contributed by atoms with Crippen molar-refractivity contribution in [2.75, 3.05) is 0 Å². The van der Waals surface area contributed by atoms with Crippen molar-refractivity contribution >= 4 is 10.9 Å². The molecule has 0 amide bonds. The van der Waals surface area contributed by atoms with E-state index in [4.69, 9.17) is 4.52 Å². The van der Waals surface area contributed by atoms with Gasteiger partial charge in [-0.1, -0.05) is 12.1 Å². The van der Waals surface area contributed by atoms with Gasteiger partial charge >= 0.3 is 0 Å². The van der Waals surface area contributed by atoms with Crippen LogP contribution in [0, 0.1) is 0 Å². The Labute approximate surface area is 58.7 Å². The second-order valence-corrected chi connectivity index (χ2v) is 2.28. The molecule has 0 aliphatic rings. The van der Waals surface area contributed by atoms with Gasteiger partial charge in [-0.3, -0.25) is 0 Å². The van der Waals surface area contributed by atoms with Crippen molar-refractivity contribution in [1.29, 1.82) is 0 Å². The Balaban J connectivity index is 2.93. The molecule has 1 aromatic heterocycles. The molecule has 0 fully saturated rings. The van der Waals surface area contributed by atoms with E-state index in [1.807, 2.05) is 31.3 Å². The third-order valence-electron chi connectivity index (χ3n) is 1.61. The third kappa shape index (κ3) is 0.620. The average Bonchev–Trinajstić information content (AvgIpc) is 2.34. The second kappa shape index (κ2) is 1.84. The Morgan fingerprint density at radius 3 is 2.90 bits per heavy atom. The number of rotatable bonds is 0. The van der Waals surface area contributed by atoms with Crippen molar-refractivity contribution < 1.29 is 9.26 Å². The smallest absolute Gasteiger partial charge is 0.244 e. The van der Waals surface area contributed by atoms with Crippen LogP contribution in [-0.2, 0) is 7.05 Å².